The molecular weight excluding hydrogens is 294 g/mol. The number of aromatic nitrogens is 2. The maximum Gasteiger partial charge on any atom is 0.250 e. The minimum atomic E-state index is -0.436. The average Bonchev–Trinajstić information content (AvgIpc) is 3.22. The second-order valence-corrected chi connectivity index (χ2v) is 5.80. The molecule has 6 nitrogen and oxygen atoms in total. The standard InChI is InChI=1S/C17H21N3O3/c1-21-13-9-12(10-14(11-13)22-2)5-6-15-19-16(20-23-15)17(18)7-3-4-8-17/h5-6,9-11H,3-4,7-8,18H2,1-2H3/b6-5+. The molecule has 23 heavy (non-hydrogen) atoms. The molecule has 1 aliphatic rings. The highest BCUT2D eigenvalue weighted by atomic mass is 16.5. The molecule has 0 aliphatic heterocycles. The fourth-order valence-corrected chi connectivity index (χ4v) is 2.83. The Balaban J connectivity index is 1.79. The lowest BCUT2D eigenvalue weighted by molar-refractivity contribution is 0.364. The molecule has 0 saturated heterocycles. The molecule has 0 amide bonds. The van der Waals surface area contributed by atoms with Crippen LogP contribution in [0.1, 0.15) is 43.0 Å². The van der Waals surface area contributed by atoms with Crippen LogP contribution in [0.4, 0.5) is 0 Å². The van der Waals surface area contributed by atoms with Gasteiger partial charge in [0.05, 0.1) is 19.8 Å². The first kappa shape index (κ1) is 15.6. The number of ether oxygens (including phenoxy) is 2. The highest BCUT2D eigenvalue weighted by Crippen LogP contribution is 2.34. The summed E-state index contributed by atoms with van der Waals surface area (Å²) in [5.74, 6) is 2.49. The Labute approximate surface area is 135 Å². The Morgan fingerprint density at radius 1 is 1.09 bits per heavy atom. The molecule has 0 spiro atoms. The van der Waals surface area contributed by atoms with Crippen LogP contribution in [-0.4, -0.2) is 24.4 Å². The zero-order valence-corrected chi connectivity index (χ0v) is 13.4. The van der Waals surface area contributed by atoms with Gasteiger partial charge in [-0.05, 0) is 36.6 Å². The van der Waals surface area contributed by atoms with Crippen molar-refractivity contribution in [3.8, 4) is 11.5 Å². The number of nitrogens with two attached hydrogens (primary N) is 1. The summed E-state index contributed by atoms with van der Waals surface area (Å²) >= 11 is 0. The van der Waals surface area contributed by atoms with Crippen LogP contribution < -0.4 is 15.2 Å². The zero-order valence-electron chi connectivity index (χ0n) is 13.4. The molecule has 2 aromatic rings. The molecule has 1 fully saturated rings. The number of hydrogen-bond donors (Lipinski definition) is 1. The largest absolute Gasteiger partial charge is 0.497 e. The summed E-state index contributed by atoms with van der Waals surface area (Å²) in [5, 5.41) is 4.04. The van der Waals surface area contributed by atoms with Gasteiger partial charge in [0.2, 0.25) is 0 Å². The second-order valence-electron chi connectivity index (χ2n) is 5.80. The Morgan fingerprint density at radius 2 is 1.74 bits per heavy atom. The van der Waals surface area contributed by atoms with Crippen LogP contribution in [0.5, 0.6) is 11.5 Å². The van der Waals surface area contributed by atoms with Crippen LogP contribution in [-0.2, 0) is 5.54 Å². The van der Waals surface area contributed by atoms with Gasteiger partial charge in [-0.25, -0.2) is 0 Å². The summed E-state index contributed by atoms with van der Waals surface area (Å²) in [6.45, 7) is 0. The van der Waals surface area contributed by atoms with Crippen molar-refractivity contribution < 1.29 is 14.0 Å². The van der Waals surface area contributed by atoms with Crippen molar-refractivity contribution in [1.82, 2.24) is 10.1 Å². The van der Waals surface area contributed by atoms with Crippen LogP contribution in [0.2, 0.25) is 0 Å². The van der Waals surface area contributed by atoms with Gasteiger partial charge in [-0.15, -0.1) is 0 Å². The van der Waals surface area contributed by atoms with Gasteiger partial charge < -0.3 is 19.7 Å². The summed E-state index contributed by atoms with van der Waals surface area (Å²) in [6.07, 6.45) is 7.67. The van der Waals surface area contributed by atoms with Crippen molar-refractivity contribution in [3.05, 3.63) is 35.5 Å². The zero-order chi connectivity index (χ0) is 16.3. The van der Waals surface area contributed by atoms with E-state index in [4.69, 9.17) is 19.7 Å². The molecule has 1 aromatic carbocycles. The molecule has 1 saturated carbocycles. The molecule has 6 heteroatoms. The summed E-state index contributed by atoms with van der Waals surface area (Å²) in [6, 6.07) is 5.62. The first-order valence-corrected chi connectivity index (χ1v) is 7.67. The van der Waals surface area contributed by atoms with E-state index < -0.39 is 5.54 Å². The van der Waals surface area contributed by atoms with Crippen molar-refractivity contribution in [1.29, 1.82) is 0 Å². The Hall–Kier alpha value is -2.34. The molecule has 1 aliphatic carbocycles. The van der Waals surface area contributed by atoms with Gasteiger partial charge in [0, 0.05) is 12.1 Å². The van der Waals surface area contributed by atoms with Gasteiger partial charge in [0.15, 0.2) is 5.82 Å². The lowest BCUT2D eigenvalue weighted by atomic mass is 9.99. The van der Waals surface area contributed by atoms with E-state index in [9.17, 15) is 0 Å². The molecular formula is C17H21N3O3. The van der Waals surface area contributed by atoms with Gasteiger partial charge in [0.1, 0.15) is 11.5 Å². The SMILES string of the molecule is COc1cc(/C=C/c2nc(C3(N)CCCC3)no2)cc(OC)c1. The van der Waals surface area contributed by atoms with E-state index in [1.807, 2.05) is 24.3 Å². The fraction of sp³-hybridized carbons (Fsp3) is 0.412. The monoisotopic (exact) mass is 315 g/mol. The van der Waals surface area contributed by atoms with Crippen molar-refractivity contribution in [2.45, 2.75) is 31.2 Å². The topological polar surface area (TPSA) is 83.4 Å². The van der Waals surface area contributed by atoms with Crippen LogP contribution in [0.3, 0.4) is 0 Å². The molecule has 3 rings (SSSR count). The maximum absolute atomic E-state index is 6.33. The molecule has 122 valence electrons. The van der Waals surface area contributed by atoms with Crippen molar-refractivity contribution >= 4 is 12.2 Å². The highest BCUT2D eigenvalue weighted by Gasteiger charge is 2.35. The van der Waals surface area contributed by atoms with Crippen LogP contribution >= 0.6 is 0 Å². The summed E-state index contributed by atoms with van der Waals surface area (Å²) in [5.41, 5.74) is 6.82. The highest BCUT2D eigenvalue weighted by molar-refractivity contribution is 5.68. The van der Waals surface area contributed by atoms with Crippen molar-refractivity contribution in [2.75, 3.05) is 14.2 Å². The van der Waals surface area contributed by atoms with Gasteiger partial charge in [0.25, 0.3) is 5.89 Å². The van der Waals surface area contributed by atoms with E-state index in [0.717, 1.165) is 42.7 Å². The summed E-state index contributed by atoms with van der Waals surface area (Å²) in [7, 11) is 3.24. The molecule has 1 aromatic heterocycles. The van der Waals surface area contributed by atoms with Gasteiger partial charge in [-0.3, -0.25) is 0 Å². The number of rotatable bonds is 5. The molecule has 1 heterocycles. The first-order valence-electron chi connectivity index (χ1n) is 7.67. The minimum absolute atomic E-state index is 0.436. The third kappa shape index (κ3) is 3.37. The van der Waals surface area contributed by atoms with Gasteiger partial charge in [-0.1, -0.05) is 18.0 Å². The second kappa shape index (κ2) is 6.42. The first-order chi connectivity index (χ1) is 11.1. The van der Waals surface area contributed by atoms with Crippen molar-refractivity contribution in [2.24, 2.45) is 5.73 Å². The summed E-state index contributed by atoms with van der Waals surface area (Å²) < 4.78 is 15.8. The number of nitrogens with zero attached hydrogens (tertiary/aromatic N) is 2. The van der Waals surface area contributed by atoms with Crippen LogP contribution in [0, 0.1) is 0 Å². The number of benzene rings is 1. The molecule has 0 atom stereocenters. The number of hydrogen-bond acceptors (Lipinski definition) is 6. The van der Waals surface area contributed by atoms with E-state index in [-0.39, 0.29) is 0 Å². The Bertz CT molecular complexity index is 681. The normalized spacial score (nSPS) is 16.8. The van der Waals surface area contributed by atoms with E-state index in [1.54, 1.807) is 20.3 Å². The lowest BCUT2D eigenvalue weighted by Crippen LogP contribution is -2.34. The molecule has 0 bridgehead atoms. The van der Waals surface area contributed by atoms with Crippen molar-refractivity contribution in [3.63, 3.8) is 0 Å². The predicted octanol–water partition coefficient (Wildman–Crippen LogP) is 2.99. The fourth-order valence-electron chi connectivity index (χ4n) is 2.83. The van der Waals surface area contributed by atoms with E-state index in [0.29, 0.717) is 11.7 Å². The smallest absolute Gasteiger partial charge is 0.250 e. The Kier molecular flexibility index (Phi) is 4.34. The van der Waals surface area contributed by atoms with Crippen LogP contribution in [0.15, 0.2) is 22.7 Å². The number of methoxy groups -OCH3 is 2. The third-order valence-electron chi connectivity index (χ3n) is 4.17. The third-order valence-corrected chi connectivity index (χ3v) is 4.17. The van der Waals surface area contributed by atoms with E-state index >= 15 is 0 Å². The average molecular weight is 315 g/mol. The molecule has 0 radical (unpaired) electrons. The summed E-state index contributed by atoms with van der Waals surface area (Å²) in [4.78, 5) is 4.41. The van der Waals surface area contributed by atoms with E-state index in [1.165, 1.54) is 0 Å². The Morgan fingerprint density at radius 3 is 2.35 bits per heavy atom. The van der Waals surface area contributed by atoms with E-state index in [2.05, 4.69) is 10.1 Å². The minimum Gasteiger partial charge on any atom is -0.497 e. The van der Waals surface area contributed by atoms with Gasteiger partial charge in [-0.2, -0.15) is 4.98 Å². The predicted molar refractivity (Wildman–Crippen MR) is 87.1 cm³/mol. The lowest BCUT2D eigenvalue weighted by Gasteiger charge is -2.17. The van der Waals surface area contributed by atoms with Gasteiger partial charge >= 0.3 is 0 Å². The quantitative estimate of drug-likeness (QED) is 0.913. The molecule has 2 N–H and O–H groups in total. The molecule has 0 unspecified atom stereocenters. The van der Waals surface area contributed by atoms with Crippen LogP contribution in [0.25, 0.3) is 12.2 Å². The maximum atomic E-state index is 6.33.